The molecule has 0 aliphatic rings. The van der Waals surface area contributed by atoms with E-state index in [2.05, 4.69) is 26.6 Å². The summed E-state index contributed by atoms with van der Waals surface area (Å²) in [5.74, 6) is 0.108. The Kier molecular flexibility index (Phi) is 6.56. The number of amides is 2. The Morgan fingerprint density at radius 3 is 2.45 bits per heavy atom. The fourth-order valence-corrected chi connectivity index (χ4v) is 2.92. The normalized spacial score (nSPS) is 10.4. The lowest BCUT2D eigenvalue weighted by atomic mass is 10.1. The standard InChI is InChI=1S/C21H19BrN2O5/c1-28-18-10-14(4-7-16(18)25)12-23-20(26)11-13-2-5-15(6-3-13)24-21(27)17-8-9-19(22)29-17/h2-10,25H,11-12H2,1H3,(H,23,26)(H,24,27). The van der Waals surface area contributed by atoms with Crippen molar-refractivity contribution in [2.45, 2.75) is 13.0 Å². The van der Waals surface area contributed by atoms with Gasteiger partial charge in [-0.25, -0.2) is 0 Å². The quantitative estimate of drug-likeness (QED) is 0.498. The molecule has 0 bridgehead atoms. The van der Waals surface area contributed by atoms with Crippen LogP contribution in [0.3, 0.4) is 0 Å². The summed E-state index contributed by atoms with van der Waals surface area (Å²) in [7, 11) is 1.47. The fourth-order valence-electron chi connectivity index (χ4n) is 2.62. The van der Waals surface area contributed by atoms with Crippen molar-refractivity contribution < 1.29 is 23.8 Å². The van der Waals surface area contributed by atoms with Gasteiger partial charge in [-0.2, -0.15) is 0 Å². The van der Waals surface area contributed by atoms with Crippen molar-refractivity contribution in [1.82, 2.24) is 5.32 Å². The third-order valence-electron chi connectivity index (χ3n) is 4.11. The molecule has 0 spiro atoms. The molecule has 0 aliphatic carbocycles. The van der Waals surface area contributed by atoms with Crippen LogP contribution in [-0.2, 0) is 17.8 Å². The highest BCUT2D eigenvalue weighted by Gasteiger charge is 2.11. The zero-order valence-electron chi connectivity index (χ0n) is 15.6. The van der Waals surface area contributed by atoms with Gasteiger partial charge in [-0.05, 0) is 63.5 Å². The topological polar surface area (TPSA) is 101 Å². The average molecular weight is 459 g/mol. The highest BCUT2D eigenvalue weighted by molar-refractivity contribution is 9.10. The molecule has 0 aliphatic heterocycles. The highest BCUT2D eigenvalue weighted by Crippen LogP contribution is 2.26. The zero-order valence-corrected chi connectivity index (χ0v) is 17.2. The van der Waals surface area contributed by atoms with Crippen molar-refractivity contribution >= 4 is 33.4 Å². The number of phenols is 1. The van der Waals surface area contributed by atoms with Gasteiger partial charge in [0.2, 0.25) is 5.91 Å². The number of furan rings is 1. The van der Waals surface area contributed by atoms with Gasteiger partial charge in [0.15, 0.2) is 21.9 Å². The van der Waals surface area contributed by atoms with Crippen LogP contribution in [-0.4, -0.2) is 24.0 Å². The summed E-state index contributed by atoms with van der Waals surface area (Å²) in [4.78, 5) is 24.2. The lowest BCUT2D eigenvalue weighted by molar-refractivity contribution is -0.120. The number of hydrogen-bond acceptors (Lipinski definition) is 5. The first-order valence-corrected chi connectivity index (χ1v) is 9.52. The van der Waals surface area contributed by atoms with Crippen molar-refractivity contribution in [2.75, 3.05) is 12.4 Å². The van der Waals surface area contributed by atoms with Crippen molar-refractivity contribution in [1.29, 1.82) is 0 Å². The number of aromatic hydroxyl groups is 1. The van der Waals surface area contributed by atoms with Crippen molar-refractivity contribution in [3.05, 3.63) is 76.2 Å². The van der Waals surface area contributed by atoms with E-state index < -0.39 is 0 Å². The number of rotatable bonds is 7. The molecule has 1 heterocycles. The average Bonchev–Trinajstić information content (AvgIpc) is 3.15. The molecule has 0 saturated heterocycles. The van der Waals surface area contributed by atoms with Crippen LogP contribution in [0.1, 0.15) is 21.7 Å². The molecule has 0 saturated carbocycles. The molecule has 0 fully saturated rings. The Morgan fingerprint density at radius 2 is 1.79 bits per heavy atom. The highest BCUT2D eigenvalue weighted by atomic mass is 79.9. The molecule has 1 aromatic heterocycles. The fraction of sp³-hybridized carbons (Fsp3) is 0.143. The third-order valence-corrected chi connectivity index (χ3v) is 4.53. The van der Waals surface area contributed by atoms with E-state index in [1.165, 1.54) is 13.2 Å². The maximum atomic E-state index is 12.2. The summed E-state index contributed by atoms with van der Waals surface area (Å²) < 4.78 is 10.7. The second kappa shape index (κ2) is 9.29. The van der Waals surface area contributed by atoms with Gasteiger partial charge < -0.3 is 24.9 Å². The molecule has 3 rings (SSSR count). The van der Waals surface area contributed by atoms with Gasteiger partial charge in [-0.3, -0.25) is 9.59 Å². The van der Waals surface area contributed by atoms with Gasteiger partial charge in [-0.1, -0.05) is 18.2 Å². The van der Waals surface area contributed by atoms with Crippen molar-refractivity contribution in [3.8, 4) is 11.5 Å². The van der Waals surface area contributed by atoms with Gasteiger partial charge in [0.25, 0.3) is 5.91 Å². The maximum Gasteiger partial charge on any atom is 0.291 e. The lowest BCUT2D eigenvalue weighted by Crippen LogP contribution is -2.24. The molecule has 2 amide bonds. The Hall–Kier alpha value is -3.26. The summed E-state index contributed by atoms with van der Waals surface area (Å²) in [6, 6.07) is 15.1. The van der Waals surface area contributed by atoms with Gasteiger partial charge in [0.1, 0.15) is 0 Å². The molecule has 0 unspecified atom stereocenters. The molecule has 2 aromatic carbocycles. The van der Waals surface area contributed by atoms with Gasteiger partial charge in [0, 0.05) is 12.2 Å². The number of hydrogen-bond donors (Lipinski definition) is 3. The van der Waals surface area contributed by atoms with Gasteiger partial charge in [-0.15, -0.1) is 0 Å². The van der Waals surface area contributed by atoms with Gasteiger partial charge >= 0.3 is 0 Å². The lowest BCUT2D eigenvalue weighted by Gasteiger charge is -2.09. The van der Waals surface area contributed by atoms with E-state index >= 15 is 0 Å². The monoisotopic (exact) mass is 458 g/mol. The van der Waals surface area contributed by atoms with Crippen LogP contribution in [0, 0.1) is 0 Å². The summed E-state index contributed by atoms with van der Waals surface area (Å²) >= 11 is 3.15. The first-order chi connectivity index (χ1) is 13.9. The van der Waals surface area contributed by atoms with Crippen LogP contribution < -0.4 is 15.4 Å². The van der Waals surface area contributed by atoms with Gasteiger partial charge in [0.05, 0.1) is 13.5 Å². The molecule has 3 aromatic rings. The number of nitrogens with one attached hydrogen (secondary N) is 2. The number of carbonyl (C=O) groups is 2. The molecule has 0 atom stereocenters. The number of methoxy groups -OCH3 is 1. The number of phenolic OH excluding ortho intramolecular Hbond substituents is 1. The number of halogens is 1. The zero-order chi connectivity index (χ0) is 20.8. The minimum atomic E-state index is -0.356. The van der Waals surface area contributed by atoms with Crippen LogP contribution >= 0.6 is 15.9 Å². The number of ether oxygens (including phenoxy) is 1. The van der Waals surface area contributed by atoms with Crippen LogP contribution in [0.4, 0.5) is 5.69 Å². The van der Waals surface area contributed by atoms with E-state index in [0.717, 1.165) is 11.1 Å². The third kappa shape index (κ3) is 5.61. The molecular weight excluding hydrogens is 440 g/mol. The Bertz CT molecular complexity index is 1010. The molecule has 7 nitrogen and oxygen atoms in total. The van der Waals surface area contributed by atoms with E-state index in [-0.39, 0.29) is 29.7 Å². The molecule has 0 radical (unpaired) electrons. The molecule has 29 heavy (non-hydrogen) atoms. The second-order valence-corrected chi connectivity index (χ2v) is 7.00. The van der Waals surface area contributed by atoms with Crippen molar-refractivity contribution in [3.63, 3.8) is 0 Å². The van der Waals surface area contributed by atoms with E-state index in [4.69, 9.17) is 9.15 Å². The van der Waals surface area contributed by atoms with Crippen LogP contribution in [0.25, 0.3) is 0 Å². The minimum absolute atomic E-state index is 0.0504. The Labute approximate surface area is 175 Å². The van der Waals surface area contributed by atoms with Crippen molar-refractivity contribution in [2.24, 2.45) is 0 Å². The smallest absolute Gasteiger partial charge is 0.291 e. The number of anilines is 1. The Morgan fingerprint density at radius 1 is 1.07 bits per heavy atom. The molecule has 3 N–H and O–H groups in total. The van der Waals surface area contributed by atoms with E-state index in [1.54, 1.807) is 48.5 Å². The minimum Gasteiger partial charge on any atom is -0.504 e. The van der Waals surface area contributed by atoms with Crippen LogP contribution in [0.15, 0.2) is 63.7 Å². The van der Waals surface area contributed by atoms with E-state index in [9.17, 15) is 14.7 Å². The second-order valence-electron chi connectivity index (χ2n) is 6.21. The SMILES string of the molecule is COc1cc(CNC(=O)Cc2ccc(NC(=O)c3ccc(Br)o3)cc2)ccc1O. The molecular formula is C21H19BrN2O5. The summed E-state index contributed by atoms with van der Waals surface area (Å²) in [5.41, 5.74) is 2.23. The first kappa shape index (κ1) is 20.5. The summed E-state index contributed by atoms with van der Waals surface area (Å²) in [6.45, 7) is 0.322. The Balaban J connectivity index is 1.51. The summed E-state index contributed by atoms with van der Waals surface area (Å²) in [5, 5.41) is 15.2. The molecule has 150 valence electrons. The van der Waals surface area contributed by atoms with E-state index in [0.29, 0.717) is 22.7 Å². The number of carbonyl (C=O) groups excluding carboxylic acids is 2. The van der Waals surface area contributed by atoms with Crippen LogP contribution in [0.5, 0.6) is 11.5 Å². The summed E-state index contributed by atoms with van der Waals surface area (Å²) in [6.07, 6.45) is 0.203. The number of benzene rings is 2. The molecule has 8 heteroatoms. The van der Waals surface area contributed by atoms with E-state index in [1.807, 2.05) is 0 Å². The predicted octanol–water partition coefficient (Wildman–Crippen LogP) is 3.87. The maximum absolute atomic E-state index is 12.2. The first-order valence-electron chi connectivity index (χ1n) is 8.73. The van der Waals surface area contributed by atoms with Crippen LogP contribution in [0.2, 0.25) is 0 Å². The largest absolute Gasteiger partial charge is 0.504 e. The predicted molar refractivity (Wildman–Crippen MR) is 111 cm³/mol.